The molecule has 2 saturated heterocycles. The number of nitrogens with zero attached hydrogens (tertiary/aromatic N) is 2. The van der Waals surface area contributed by atoms with Gasteiger partial charge in [-0.15, -0.1) is 0 Å². The minimum Gasteiger partial charge on any atom is -0.508 e. The predicted octanol–water partition coefficient (Wildman–Crippen LogP) is 3.18. The molecule has 2 aliphatic heterocycles. The highest BCUT2D eigenvalue weighted by Crippen LogP contribution is 2.42. The Hall–Kier alpha value is -2.04. The molecule has 3 aliphatic rings. The maximum Gasteiger partial charge on any atom is 0.254 e. The number of carbonyl (C=O) groups is 2. The van der Waals surface area contributed by atoms with Gasteiger partial charge < -0.3 is 14.9 Å². The summed E-state index contributed by atoms with van der Waals surface area (Å²) in [5.41, 5.74) is 0.108. The molecule has 1 unspecified atom stereocenters. The molecule has 2 amide bonds. The van der Waals surface area contributed by atoms with Crippen LogP contribution in [-0.2, 0) is 4.79 Å². The molecule has 1 aliphatic carbocycles. The number of phenolic OH excluding ortho intramolecular Hbond substituents is 1. The molecule has 3 fully saturated rings. The number of piperidine rings is 1. The number of aromatic hydroxyl groups is 1. The second-order valence-electron chi connectivity index (χ2n) is 8.20. The van der Waals surface area contributed by atoms with Crippen molar-refractivity contribution < 1.29 is 14.7 Å². The molecule has 1 aromatic carbocycles. The van der Waals surface area contributed by atoms with E-state index < -0.39 is 0 Å². The lowest BCUT2D eigenvalue weighted by Crippen LogP contribution is -2.54. The quantitative estimate of drug-likeness (QED) is 0.885. The van der Waals surface area contributed by atoms with Crippen molar-refractivity contribution in [3.63, 3.8) is 0 Å². The SMILES string of the molecule is O=C(c1cccc(O)c1)N1CCC2(CCCN(C3CCCCC3)C2=O)C1. The molecule has 5 nitrogen and oxygen atoms in total. The summed E-state index contributed by atoms with van der Waals surface area (Å²) in [5.74, 6) is 0.296. The Bertz CT molecular complexity index is 698. The molecule has 26 heavy (non-hydrogen) atoms. The third kappa shape index (κ3) is 3.08. The Morgan fingerprint density at radius 2 is 1.88 bits per heavy atom. The normalized spacial score (nSPS) is 27.3. The number of likely N-dealkylation sites (tertiary alicyclic amines) is 2. The molecule has 0 aromatic heterocycles. The summed E-state index contributed by atoms with van der Waals surface area (Å²) in [6.07, 6.45) is 8.69. The first kappa shape index (κ1) is 17.4. The van der Waals surface area contributed by atoms with Crippen molar-refractivity contribution in [3.05, 3.63) is 29.8 Å². The first-order valence-corrected chi connectivity index (χ1v) is 9.98. The topological polar surface area (TPSA) is 60.9 Å². The molecule has 1 atom stereocenters. The first-order chi connectivity index (χ1) is 12.6. The monoisotopic (exact) mass is 356 g/mol. The average Bonchev–Trinajstić information content (AvgIpc) is 3.09. The van der Waals surface area contributed by atoms with E-state index >= 15 is 0 Å². The lowest BCUT2D eigenvalue weighted by molar-refractivity contribution is -0.149. The zero-order chi connectivity index (χ0) is 18.1. The lowest BCUT2D eigenvalue weighted by Gasteiger charge is -2.44. The maximum atomic E-state index is 13.4. The number of phenols is 1. The first-order valence-electron chi connectivity index (χ1n) is 9.98. The standard InChI is InChI=1S/C21H28N2O3/c24-18-9-4-6-16(14-18)19(25)22-13-11-21(15-22)10-5-12-23(20(21)26)17-7-2-1-3-8-17/h4,6,9,14,17,24H,1-3,5,7-8,10-13,15H2. The molecule has 1 spiro atoms. The number of amides is 2. The minimum absolute atomic E-state index is 0.0830. The van der Waals surface area contributed by atoms with E-state index in [2.05, 4.69) is 4.90 Å². The Balaban J connectivity index is 1.49. The summed E-state index contributed by atoms with van der Waals surface area (Å²) in [6.45, 7) is 2.02. The minimum atomic E-state index is -0.387. The van der Waals surface area contributed by atoms with Gasteiger partial charge in [-0.1, -0.05) is 25.3 Å². The van der Waals surface area contributed by atoms with Crippen LogP contribution in [0.15, 0.2) is 24.3 Å². The molecule has 4 rings (SSSR count). The van der Waals surface area contributed by atoms with E-state index in [9.17, 15) is 14.7 Å². The zero-order valence-electron chi connectivity index (χ0n) is 15.3. The van der Waals surface area contributed by atoms with Gasteiger partial charge in [0.25, 0.3) is 5.91 Å². The van der Waals surface area contributed by atoms with Crippen molar-refractivity contribution in [3.8, 4) is 5.75 Å². The van der Waals surface area contributed by atoms with Gasteiger partial charge in [-0.05, 0) is 50.3 Å². The van der Waals surface area contributed by atoms with Crippen LogP contribution in [0.3, 0.4) is 0 Å². The number of carbonyl (C=O) groups excluding carboxylic acids is 2. The van der Waals surface area contributed by atoms with Crippen molar-refractivity contribution in [1.82, 2.24) is 9.80 Å². The fourth-order valence-corrected chi connectivity index (χ4v) is 5.09. The van der Waals surface area contributed by atoms with Crippen LogP contribution >= 0.6 is 0 Å². The van der Waals surface area contributed by atoms with E-state index in [0.717, 1.165) is 38.6 Å². The van der Waals surface area contributed by atoms with Crippen molar-refractivity contribution >= 4 is 11.8 Å². The van der Waals surface area contributed by atoms with Gasteiger partial charge >= 0.3 is 0 Å². The van der Waals surface area contributed by atoms with Crippen LogP contribution in [0.2, 0.25) is 0 Å². The van der Waals surface area contributed by atoms with Gasteiger partial charge in [-0.25, -0.2) is 0 Å². The van der Waals surface area contributed by atoms with Crippen molar-refractivity contribution in [1.29, 1.82) is 0 Å². The molecule has 2 heterocycles. The van der Waals surface area contributed by atoms with E-state index in [-0.39, 0.29) is 23.0 Å². The number of rotatable bonds is 2. The van der Waals surface area contributed by atoms with Crippen LogP contribution in [0.25, 0.3) is 0 Å². The zero-order valence-corrected chi connectivity index (χ0v) is 15.3. The molecule has 1 N–H and O–H groups in total. The summed E-state index contributed by atoms with van der Waals surface area (Å²) in [5, 5.41) is 9.64. The van der Waals surface area contributed by atoms with Crippen molar-refractivity contribution in [2.24, 2.45) is 5.41 Å². The van der Waals surface area contributed by atoms with Gasteiger partial charge in [0.15, 0.2) is 0 Å². The second kappa shape index (κ2) is 6.93. The van der Waals surface area contributed by atoms with Gasteiger partial charge in [0.05, 0.1) is 5.41 Å². The molecule has 5 heteroatoms. The van der Waals surface area contributed by atoms with Crippen LogP contribution in [0.1, 0.15) is 61.7 Å². The molecular weight excluding hydrogens is 328 g/mol. The van der Waals surface area contributed by atoms with E-state index in [4.69, 9.17) is 0 Å². The lowest BCUT2D eigenvalue weighted by atomic mass is 9.77. The number of benzene rings is 1. The fourth-order valence-electron chi connectivity index (χ4n) is 5.09. The van der Waals surface area contributed by atoms with Gasteiger partial charge in [-0.3, -0.25) is 9.59 Å². The summed E-state index contributed by atoms with van der Waals surface area (Å²) >= 11 is 0. The van der Waals surface area contributed by atoms with E-state index in [0.29, 0.717) is 24.7 Å². The highest BCUT2D eigenvalue weighted by atomic mass is 16.3. The van der Waals surface area contributed by atoms with E-state index in [1.165, 1.54) is 25.3 Å². The Labute approximate surface area is 155 Å². The van der Waals surface area contributed by atoms with Gasteiger partial charge in [0, 0.05) is 31.2 Å². The smallest absolute Gasteiger partial charge is 0.254 e. The third-order valence-electron chi connectivity index (χ3n) is 6.52. The predicted molar refractivity (Wildman–Crippen MR) is 98.9 cm³/mol. The fraction of sp³-hybridized carbons (Fsp3) is 0.619. The molecule has 0 bridgehead atoms. The van der Waals surface area contributed by atoms with Crippen molar-refractivity contribution in [2.45, 2.75) is 57.4 Å². The largest absolute Gasteiger partial charge is 0.508 e. The van der Waals surface area contributed by atoms with Crippen LogP contribution < -0.4 is 0 Å². The Morgan fingerprint density at radius 3 is 2.65 bits per heavy atom. The Kier molecular flexibility index (Phi) is 4.63. The summed E-state index contributed by atoms with van der Waals surface area (Å²) < 4.78 is 0. The Morgan fingerprint density at radius 1 is 1.08 bits per heavy atom. The highest BCUT2D eigenvalue weighted by Gasteiger charge is 2.50. The van der Waals surface area contributed by atoms with E-state index in [1.54, 1.807) is 23.1 Å². The number of hydrogen-bond donors (Lipinski definition) is 1. The summed E-state index contributed by atoms with van der Waals surface area (Å²) in [6, 6.07) is 6.89. The molecule has 1 saturated carbocycles. The maximum absolute atomic E-state index is 13.4. The van der Waals surface area contributed by atoms with Crippen molar-refractivity contribution in [2.75, 3.05) is 19.6 Å². The second-order valence-corrected chi connectivity index (χ2v) is 8.20. The average molecular weight is 356 g/mol. The van der Waals surface area contributed by atoms with Crippen LogP contribution in [0, 0.1) is 5.41 Å². The summed E-state index contributed by atoms with van der Waals surface area (Å²) in [4.78, 5) is 30.1. The summed E-state index contributed by atoms with van der Waals surface area (Å²) in [7, 11) is 0. The molecule has 0 radical (unpaired) electrons. The molecular formula is C21H28N2O3. The van der Waals surface area contributed by atoms with Crippen LogP contribution in [-0.4, -0.2) is 52.4 Å². The third-order valence-corrected chi connectivity index (χ3v) is 6.52. The van der Waals surface area contributed by atoms with Gasteiger partial charge in [0.2, 0.25) is 5.91 Å². The molecule has 140 valence electrons. The highest BCUT2D eigenvalue weighted by molar-refractivity contribution is 5.96. The van der Waals surface area contributed by atoms with Crippen LogP contribution in [0.5, 0.6) is 5.75 Å². The number of hydrogen-bond acceptors (Lipinski definition) is 3. The van der Waals surface area contributed by atoms with Crippen LogP contribution in [0.4, 0.5) is 0 Å². The van der Waals surface area contributed by atoms with E-state index in [1.807, 2.05) is 0 Å². The molecule has 1 aromatic rings. The van der Waals surface area contributed by atoms with Gasteiger partial charge in [-0.2, -0.15) is 0 Å². The van der Waals surface area contributed by atoms with Gasteiger partial charge in [0.1, 0.15) is 5.75 Å².